The molecule has 14 heteroatoms. The van der Waals surface area contributed by atoms with Gasteiger partial charge in [0.15, 0.2) is 0 Å². The molecule has 316 valence electrons. The van der Waals surface area contributed by atoms with Gasteiger partial charge in [0.25, 0.3) is 0 Å². The second-order valence-electron chi connectivity index (χ2n) is 17.6. The third-order valence-corrected chi connectivity index (χ3v) is 12.0. The zero-order valence-corrected chi connectivity index (χ0v) is 35.9. The monoisotopic (exact) mass is 816 g/mol. The van der Waals surface area contributed by atoms with E-state index in [4.69, 9.17) is 19.4 Å². The lowest BCUT2D eigenvalue weighted by molar-refractivity contribution is -0.140. The van der Waals surface area contributed by atoms with Crippen LogP contribution in [0.3, 0.4) is 0 Å². The highest BCUT2D eigenvalue weighted by Crippen LogP contribution is 2.55. The van der Waals surface area contributed by atoms with Gasteiger partial charge in [0.05, 0.1) is 54.3 Å². The first-order chi connectivity index (χ1) is 28.6. The van der Waals surface area contributed by atoms with Gasteiger partial charge in [-0.25, -0.2) is 19.6 Å². The molecule has 2 aliphatic rings. The number of imidazole rings is 2. The zero-order valence-electron chi connectivity index (χ0n) is 35.9. The van der Waals surface area contributed by atoms with E-state index in [9.17, 15) is 19.2 Å². The second-order valence-corrected chi connectivity index (χ2v) is 17.6. The highest BCUT2D eigenvalue weighted by molar-refractivity contribution is 6.04. The number of hydrogen-bond donors (Lipinski definition) is 4. The van der Waals surface area contributed by atoms with Crippen LogP contribution in [0.2, 0.25) is 0 Å². The quantitative estimate of drug-likeness (QED) is 0.103. The number of H-pyrrole nitrogens is 2. The topological polar surface area (TPSA) is 175 Å². The summed E-state index contributed by atoms with van der Waals surface area (Å²) in [5.41, 5.74) is 4.32. The minimum Gasteiger partial charge on any atom is -0.453 e. The van der Waals surface area contributed by atoms with Crippen LogP contribution in [0.4, 0.5) is 9.59 Å². The number of amides is 4. The number of nitrogens with zero attached hydrogens (tertiary/aromatic N) is 4. The maximum Gasteiger partial charge on any atom is 0.407 e. The summed E-state index contributed by atoms with van der Waals surface area (Å²) >= 11 is 0. The molecule has 14 nitrogen and oxygen atoms in total. The van der Waals surface area contributed by atoms with E-state index in [2.05, 4.69) is 51.5 Å². The average Bonchev–Trinajstić information content (AvgIpc) is 3.48. The van der Waals surface area contributed by atoms with E-state index in [1.54, 1.807) is 4.90 Å². The molecule has 5 aromatic rings. The fraction of sp³-hybridized carbons (Fsp3) is 0.478. The fourth-order valence-electron chi connectivity index (χ4n) is 8.74. The summed E-state index contributed by atoms with van der Waals surface area (Å²) in [6.07, 6.45) is 0.220. The SMILES string of the molecule is COC(=O)N[C@H](C(=O)N(Cc1nc2ccc(C#Cc3ccc4c(ccc5[nH]c([C@@H]6C[C@H](C)CN6C(=O)C6(C(C)C)C[C@H]6NC(=O)OC)nc54)c3)cc2[nH]1)CC(C)C)C(C)C. The second kappa shape index (κ2) is 16.9. The van der Waals surface area contributed by atoms with Crippen LogP contribution in [-0.2, 0) is 25.6 Å². The molecule has 4 amide bonds. The average molecular weight is 817 g/mol. The molecule has 0 radical (unpaired) electrons. The number of aromatic nitrogens is 4. The first-order valence-corrected chi connectivity index (χ1v) is 20.8. The summed E-state index contributed by atoms with van der Waals surface area (Å²) in [6.45, 7) is 15.5. The number of methoxy groups -OCH3 is 2. The van der Waals surface area contributed by atoms with Gasteiger partial charge in [-0.05, 0) is 78.3 Å². The van der Waals surface area contributed by atoms with E-state index in [-0.39, 0.29) is 48.2 Å². The van der Waals surface area contributed by atoms with Gasteiger partial charge in [0, 0.05) is 35.6 Å². The smallest absolute Gasteiger partial charge is 0.407 e. The van der Waals surface area contributed by atoms with Gasteiger partial charge in [-0.15, -0.1) is 0 Å². The van der Waals surface area contributed by atoms with Gasteiger partial charge in [0.2, 0.25) is 11.8 Å². The Labute approximate surface area is 350 Å². The third-order valence-electron chi connectivity index (χ3n) is 12.0. The van der Waals surface area contributed by atoms with E-state index in [1.165, 1.54) is 14.2 Å². The van der Waals surface area contributed by atoms with Crippen molar-refractivity contribution in [3.05, 3.63) is 71.3 Å². The molecule has 2 aromatic heterocycles. The molecule has 4 N–H and O–H groups in total. The molecule has 0 bridgehead atoms. The number of benzene rings is 3. The van der Waals surface area contributed by atoms with Crippen LogP contribution < -0.4 is 10.6 Å². The lowest BCUT2D eigenvalue weighted by Crippen LogP contribution is -2.51. The van der Waals surface area contributed by atoms with Crippen molar-refractivity contribution in [1.29, 1.82) is 0 Å². The summed E-state index contributed by atoms with van der Waals surface area (Å²) in [5.74, 6) is 8.28. The number of hydrogen-bond acceptors (Lipinski definition) is 8. The number of nitrogens with one attached hydrogen (secondary N) is 4. The fourth-order valence-corrected chi connectivity index (χ4v) is 8.74. The Morgan fingerprint density at radius 2 is 1.63 bits per heavy atom. The van der Waals surface area contributed by atoms with Crippen LogP contribution in [0, 0.1) is 40.9 Å². The van der Waals surface area contributed by atoms with Gasteiger partial charge in [-0.3, -0.25) is 9.59 Å². The lowest BCUT2D eigenvalue weighted by Gasteiger charge is -2.31. The van der Waals surface area contributed by atoms with Crippen LogP contribution >= 0.6 is 0 Å². The predicted octanol–water partition coefficient (Wildman–Crippen LogP) is 7.04. The summed E-state index contributed by atoms with van der Waals surface area (Å²) in [7, 11) is 2.62. The lowest BCUT2D eigenvalue weighted by atomic mass is 9.89. The van der Waals surface area contributed by atoms with E-state index in [0.29, 0.717) is 31.3 Å². The molecule has 3 aromatic carbocycles. The maximum atomic E-state index is 14.3. The van der Waals surface area contributed by atoms with Crippen LogP contribution in [-0.4, -0.2) is 93.1 Å². The first kappa shape index (κ1) is 42.0. The highest BCUT2D eigenvalue weighted by atomic mass is 16.5. The molecule has 5 atom stereocenters. The van der Waals surface area contributed by atoms with Gasteiger partial charge in [0.1, 0.15) is 17.7 Å². The van der Waals surface area contributed by atoms with Crippen LogP contribution in [0.15, 0.2) is 48.5 Å². The number of carbonyl (C=O) groups is 4. The maximum absolute atomic E-state index is 14.3. The number of rotatable bonds is 11. The number of carbonyl (C=O) groups excluding carboxylic acids is 4. The molecule has 1 saturated carbocycles. The van der Waals surface area contributed by atoms with Gasteiger partial charge in [-0.2, -0.15) is 0 Å². The molecule has 7 rings (SSSR count). The Hall–Kier alpha value is -6.10. The Morgan fingerprint density at radius 1 is 0.917 bits per heavy atom. The Morgan fingerprint density at radius 3 is 2.32 bits per heavy atom. The molecular formula is C46H56N8O6. The standard InChI is InChI=1S/C46H56N8O6/c1-25(2)22-53(42(55)39(26(3)4)52-45(58)60-9)24-38-47-33-16-13-30(20-35(33)48-38)11-10-29-12-15-32-31(19-29)14-17-34-40(32)51-41(49-34)36-18-28(7)23-54(36)43(56)46(27(5)6)21-37(46)50-44(57)59-8/h12-17,19-20,25-28,36-37,39H,18,21-24H2,1-9H3,(H,47,48)(H,49,51)(H,50,57)(H,52,58)/t28-,36-,37+,39-,46?/m0/s1. The first-order valence-electron chi connectivity index (χ1n) is 20.8. The van der Waals surface area contributed by atoms with E-state index in [0.717, 1.165) is 56.2 Å². The molecule has 1 saturated heterocycles. The van der Waals surface area contributed by atoms with E-state index < -0.39 is 23.6 Å². The van der Waals surface area contributed by atoms with Crippen LogP contribution in [0.25, 0.3) is 32.8 Å². The van der Waals surface area contributed by atoms with Crippen molar-refractivity contribution in [3.63, 3.8) is 0 Å². The molecule has 3 heterocycles. The number of fused-ring (bicyclic) bond motifs is 4. The molecule has 1 aliphatic heterocycles. The molecule has 0 spiro atoms. The van der Waals surface area contributed by atoms with Gasteiger partial charge >= 0.3 is 12.2 Å². The number of aromatic amines is 2. The summed E-state index contributed by atoms with van der Waals surface area (Å²) in [6, 6.07) is 14.8. The van der Waals surface area contributed by atoms with Crippen molar-refractivity contribution in [3.8, 4) is 11.8 Å². The summed E-state index contributed by atoms with van der Waals surface area (Å²) < 4.78 is 9.61. The van der Waals surface area contributed by atoms with Crippen molar-refractivity contribution >= 4 is 56.8 Å². The van der Waals surface area contributed by atoms with Crippen molar-refractivity contribution in [1.82, 2.24) is 40.4 Å². The van der Waals surface area contributed by atoms with Crippen LogP contribution in [0.5, 0.6) is 0 Å². The molecule has 2 fully saturated rings. The minimum absolute atomic E-state index is 0.0409. The molecule has 1 aliphatic carbocycles. The molecule has 1 unspecified atom stereocenters. The summed E-state index contributed by atoms with van der Waals surface area (Å²) in [4.78, 5) is 72.5. The van der Waals surface area contributed by atoms with Crippen molar-refractivity contribution in [2.45, 2.75) is 86.0 Å². The Kier molecular flexibility index (Phi) is 11.8. The highest BCUT2D eigenvalue weighted by Gasteiger charge is 2.65. The Bertz CT molecular complexity index is 2510. The van der Waals surface area contributed by atoms with E-state index >= 15 is 0 Å². The minimum atomic E-state index is -0.734. The number of alkyl carbamates (subject to hydrolysis) is 2. The van der Waals surface area contributed by atoms with Crippen molar-refractivity contribution in [2.75, 3.05) is 27.3 Å². The Balaban J connectivity index is 1.09. The third kappa shape index (κ3) is 8.35. The van der Waals surface area contributed by atoms with Gasteiger partial charge in [-0.1, -0.05) is 72.4 Å². The molecule has 60 heavy (non-hydrogen) atoms. The van der Waals surface area contributed by atoms with Crippen molar-refractivity contribution in [2.24, 2.45) is 29.1 Å². The van der Waals surface area contributed by atoms with Crippen LogP contribution in [0.1, 0.15) is 90.1 Å². The number of ether oxygens (including phenoxy) is 2. The predicted molar refractivity (Wildman–Crippen MR) is 230 cm³/mol. The number of likely N-dealkylation sites (tertiary alicyclic amines) is 1. The normalized spacial score (nSPS) is 20.4. The largest absolute Gasteiger partial charge is 0.453 e. The van der Waals surface area contributed by atoms with Gasteiger partial charge < -0.3 is 39.9 Å². The van der Waals surface area contributed by atoms with Crippen molar-refractivity contribution < 1.29 is 28.7 Å². The van der Waals surface area contributed by atoms with E-state index in [1.807, 2.05) is 82.8 Å². The molecular weight excluding hydrogens is 761 g/mol. The summed E-state index contributed by atoms with van der Waals surface area (Å²) in [5, 5.41) is 7.56. The zero-order chi connectivity index (χ0) is 43.0.